The monoisotopic (exact) mass is 331 g/mol. The molecule has 1 rings (SSSR count). The number of benzene rings is 1. The molecule has 19 heavy (non-hydrogen) atoms. The first kappa shape index (κ1) is 16.1. The van der Waals surface area contributed by atoms with E-state index in [9.17, 15) is 9.18 Å². The second-order valence-electron chi connectivity index (χ2n) is 5.02. The number of methoxy groups -OCH3 is 1. The van der Waals surface area contributed by atoms with Crippen LogP contribution in [0.3, 0.4) is 0 Å². The van der Waals surface area contributed by atoms with E-state index in [1.54, 1.807) is 19.1 Å². The van der Waals surface area contributed by atoms with Crippen molar-refractivity contribution in [2.75, 3.05) is 13.7 Å². The summed E-state index contributed by atoms with van der Waals surface area (Å²) in [7, 11) is 1.30. The summed E-state index contributed by atoms with van der Waals surface area (Å²) in [6.45, 7) is 6.24. The summed E-state index contributed by atoms with van der Waals surface area (Å²) in [6, 6.07) is 4.52. The maximum Gasteiger partial charge on any atom is 0.330 e. The Kier molecular flexibility index (Phi) is 5.50. The summed E-state index contributed by atoms with van der Waals surface area (Å²) in [4.78, 5) is 12.0. The molecule has 0 aromatic heterocycles. The van der Waals surface area contributed by atoms with Crippen molar-refractivity contribution in [1.29, 1.82) is 0 Å². The average Bonchev–Trinajstić information content (AvgIpc) is 2.37. The van der Waals surface area contributed by atoms with Crippen molar-refractivity contribution in [3.63, 3.8) is 0 Å². The Hall–Kier alpha value is -0.940. The highest BCUT2D eigenvalue weighted by Gasteiger charge is 2.38. The Balaban J connectivity index is 3.22. The Labute approximate surface area is 121 Å². The molecule has 1 aromatic rings. The molecule has 0 saturated heterocycles. The van der Waals surface area contributed by atoms with Gasteiger partial charge in [0.1, 0.15) is 11.4 Å². The minimum Gasteiger partial charge on any atom is -0.467 e. The van der Waals surface area contributed by atoms with E-state index in [1.165, 1.54) is 13.2 Å². The molecule has 106 valence electrons. The SMILES string of the molecule is COC(=O)C(C)(NCC(C)C)c1cc(Br)ccc1F. The van der Waals surface area contributed by atoms with E-state index >= 15 is 0 Å². The smallest absolute Gasteiger partial charge is 0.330 e. The third-order valence-electron chi connectivity index (χ3n) is 2.92. The summed E-state index contributed by atoms with van der Waals surface area (Å²) >= 11 is 3.29. The van der Waals surface area contributed by atoms with Gasteiger partial charge in [-0.05, 0) is 37.6 Å². The molecule has 0 aliphatic rings. The van der Waals surface area contributed by atoms with E-state index in [2.05, 4.69) is 21.2 Å². The number of ether oxygens (including phenoxy) is 1. The molecular weight excluding hydrogens is 313 g/mol. The maximum atomic E-state index is 14.0. The standard InChI is InChI=1S/C14H19BrFNO2/c1-9(2)8-17-14(3,13(18)19-4)11-7-10(15)5-6-12(11)16/h5-7,9,17H,8H2,1-4H3. The Morgan fingerprint density at radius 1 is 1.53 bits per heavy atom. The number of hydrogen-bond donors (Lipinski definition) is 1. The lowest BCUT2D eigenvalue weighted by atomic mass is 9.91. The van der Waals surface area contributed by atoms with Gasteiger partial charge in [0.05, 0.1) is 7.11 Å². The molecule has 0 aliphatic carbocycles. The average molecular weight is 332 g/mol. The van der Waals surface area contributed by atoms with E-state index < -0.39 is 17.3 Å². The summed E-state index contributed by atoms with van der Waals surface area (Å²) < 4.78 is 19.5. The predicted octanol–water partition coefficient (Wildman–Crippen LogP) is 3.22. The number of carbonyl (C=O) groups is 1. The van der Waals surface area contributed by atoms with Crippen molar-refractivity contribution in [2.45, 2.75) is 26.3 Å². The minimum atomic E-state index is -1.20. The molecule has 0 bridgehead atoms. The predicted molar refractivity (Wildman–Crippen MR) is 76.3 cm³/mol. The molecule has 3 nitrogen and oxygen atoms in total. The molecule has 0 saturated carbocycles. The maximum absolute atomic E-state index is 14.0. The largest absolute Gasteiger partial charge is 0.467 e. The molecule has 0 amide bonds. The van der Waals surface area contributed by atoms with Gasteiger partial charge >= 0.3 is 5.97 Å². The molecule has 0 radical (unpaired) electrons. The zero-order valence-electron chi connectivity index (χ0n) is 11.6. The van der Waals surface area contributed by atoms with Gasteiger partial charge in [0.15, 0.2) is 0 Å². The normalized spacial score (nSPS) is 14.3. The van der Waals surface area contributed by atoms with Gasteiger partial charge in [-0.25, -0.2) is 9.18 Å². The molecule has 1 aromatic carbocycles. The summed E-state index contributed by atoms with van der Waals surface area (Å²) in [5.74, 6) is -0.614. The van der Waals surface area contributed by atoms with Crippen molar-refractivity contribution in [3.05, 3.63) is 34.1 Å². The Bertz CT molecular complexity index is 465. The van der Waals surface area contributed by atoms with Crippen LogP contribution in [0.4, 0.5) is 4.39 Å². The lowest BCUT2D eigenvalue weighted by Gasteiger charge is -2.30. The Morgan fingerprint density at radius 3 is 2.68 bits per heavy atom. The minimum absolute atomic E-state index is 0.273. The van der Waals surface area contributed by atoms with Crippen LogP contribution in [-0.4, -0.2) is 19.6 Å². The lowest BCUT2D eigenvalue weighted by Crippen LogP contribution is -2.49. The number of halogens is 2. The molecule has 0 aliphatic heterocycles. The second kappa shape index (κ2) is 6.48. The van der Waals surface area contributed by atoms with Crippen LogP contribution in [0.1, 0.15) is 26.3 Å². The molecule has 1 atom stereocenters. The van der Waals surface area contributed by atoms with Crippen LogP contribution in [-0.2, 0) is 15.1 Å². The van der Waals surface area contributed by atoms with Crippen LogP contribution >= 0.6 is 15.9 Å². The molecule has 0 heterocycles. The highest BCUT2D eigenvalue weighted by molar-refractivity contribution is 9.10. The van der Waals surface area contributed by atoms with Gasteiger partial charge in [-0.2, -0.15) is 0 Å². The van der Waals surface area contributed by atoms with E-state index in [1.807, 2.05) is 13.8 Å². The van der Waals surface area contributed by atoms with E-state index in [0.29, 0.717) is 16.9 Å². The molecule has 0 fully saturated rings. The van der Waals surface area contributed by atoms with Gasteiger partial charge in [-0.1, -0.05) is 29.8 Å². The van der Waals surface area contributed by atoms with Crippen LogP contribution in [0.5, 0.6) is 0 Å². The highest BCUT2D eigenvalue weighted by Crippen LogP contribution is 2.28. The number of carbonyl (C=O) groups excluding carboxylic acids is 1. The van der Waals surface area contributed by atoms with Gasteiger partial charge in [0.2, 0.25) is 0 Å². The van der Waals surface area contributed by atoms with E-state index in [0.717, 1.165) is 0 Å². The topological polar surface area (TPSA) is 38.3 Å². The molecular formula is C14H19BrFNO2. The van der Waals surface area contributed by atoms with Crippen LogP contribution in [0.2, 0.25) is 0 Å². The summed E-state index contributed by atoms with van der Waals surface area (Å²) in [5, 5.41) is 3.10. The Morgan fingerprint density at radius 2 is 2.16 bits per heavy atom. The number of nitrogens with one attached hydrogen (secondary N) is 1. The van der Waals surface area contributed by atoms with Crippen molar-refractivity contribution in [1.82, 2.24) is 5.32 Å². The van der Waals surface area contributed by atoms with Gasteiger partial charge in [-0.3, -0.25) is 5.32 Å². The van der Waals surface area contributed by atoms with Gasteiger partial charge in [0.25, 0.3) is 0 Å². The third kappa shape index (κ3) is 3.76. The summed E-state index contributed by atoms with van der Waals surface area (Å²) in [5.41, 5.74) is -0.929. The molecule has 0 spiro atoms. The molecule has 1 unspecified atom stereocenters. The third-order valence-corrected chi connectivity index (χ3v) is 3.42. The van der Waals surface area contributed by atoms with Crippen molar-refractivity contribution < 1.29 is 13.9 Å². The zero-order chi connectivity index (χ0) is 14.6. The number of hydrogen-bond acceptors (Lipinski definition) is 3. The van der Waals surface area contributed by atoms with E-state index in [4.69, 9.17) is 4.74 Å². The van der Waals surface area contributed by atoms with Crippen LogP contribution in [0.15, 0.2) is 22.7 Å². The fourth-order valence-corrected chi connectivity index (χ4v) is 2.13. The van der Waals surface area contributed by atoms with Crippen LogP contribution in [0.25, 0.3) is 0 Å². The number of rotatable bonds is 5. The molecule has 1 N–H and O–H groups in total. The van der Waals surface area contributed by atoms with Crippen molar-refractivity contribution >= 4 is 21.9 Å². The number of esters is 1. The van der Waals surface area contributed by atoms with Crippen LogP contribution < -0.4 is 5.32 Å². The summed E-state index contributed by atoms with van der Waals surface area (Å²) in [6.07, 6.45) is 0. The first-order valence-corrected chi connectivity index (χ1v) is 6.89. The van der Waals surface area contributed by atoms with E-state index in [-0.39, 0.29) is 5.56 Å². The lowest BCUT2D eigenvalue weighted by molar-refractivity contribution is -0.148. The molecule has 5 heteroatoms. The first-order valence-electron chi connectivity index (χ1n) is 6.10. The van der Waals surface area contributed by atoms with Gasteiger partial charge in [-0.15, -0.1) is 0 Å². The quantitative estimate of drug-likeness (QED) is 0.842. The fourth-order valence-electron chi connectivity index (χ4n) is 1.77. The van der Waals surface area contributed by atoms with Crippen molar-refractivity contribution in [3.8, 4) is 0 Å². The zero-order valence-corrected chi connectivity index (χ0v) is 13.2. The first-order chi connectivity index (χ1) is 8.81. The van der Waals surface area contributed by atoms with Crippen molar-refractivity contribution in [2.24, 2.45) is 5.92 Å². The highest BCUT2D eigenvalue weighted by atomic mass is 79.9. The van der Waals surface area contributed by atoms with Crippen LogP contribution in [0, 0.1) is 11.7 Å². The second-order valence-corrected chi connectivity index (χ2v) is 5.93. The fraction of sp³-hybridized carbons (Fsp3) is 0.500. The van der Waals surface area contributed by atoms with Gasteiger partial charge < -0.3 is 4.74 Å². The van der Waals surface area contributed by atoms with Gasteiger partial charge in [0, 0.05) is 10.0 Å².